The lowest BCUT2D eigenvalue weighted by Gasteiger charge is -2.25. The Balaban J connectivity index is 1.69. The molecule has 1 N–H and O–H groups in total. The van der Waals surface area contributed by atoms with E-state index >= 15 is 0 Å². The summed E-state index contributed by atoms with van der Waals surface area (Å²) in [4.78, 5) is 17.8. The van der Waals surface area contributed by atoms with Crippen LogP contribution in [0.15, 0.2) is 12.7 Å². The second-order valence-electron chi connectivity index (χ2n) is 4.65. The molecule has 0 radical (unpaired) electrons. The number of carbonyl (C=O) groups excluding carboxylic acids is 1. The van der Waals surface area contributed by atoms with Crippen molar-refractivity contribution in [2.24, 2.45) is 0 Å². The smallest absolute Gasteiger partial charge is 0.317 e. The normalized spacial score (nSPS) is 17.0. The highest BCUT2D eigenvalue weighted by atomic mass is 16.2. The first-order chi connectivity index (χ1) is 8.86. The van der Waals surface area contributed by atoms with Crippen molar-refractivity contribution in [1.82, 2.24) is 25.0 Å². The molecule has 0 aliphatic carbocycles. The van der Waals surface area contributed by atoms with Gasteiger partial charge in [-0.2, -0.15) is 5.10 Å². The number of rotatable bonds is 3. The first-order valence-electron chi connectivity index (χ1n) is 6.71. The maximum Gasteiger partial charge on any atom is 0.317 e. The fourth-order valence-electron chi connectivity index (χ4n) is 2.19. The number of urea groups is 1. The number of hydrogen-bond donors (Lipinski definition) is 1. The third kappa shape index (κ3) is 4.01. The van der Waals surface area contributed by atoms with Gasteiger partial charge >= 0.3 is 6.03 Å². The van der Waals surface area contributed by atoms with E-state index in [4.69, 9.17) is 0 Å². The van der Waals surface area contributed by atoms with Crippen molar-refractivity contribution >= 4 is 6.03 Å². The van der Waals surface area contributed by atoms with Crippen LogP contribution in [-0.4, -0.2) is 45.3 Å². The summed E-state index contributed by atoms with van der Waals surface area (Å²) < 4.78 is 1.72. The fourth-order valence-corrected chi connectivity index (χ4v) is 2.19. The van der Waals surface area contributed by atoms with Crippen LogP contribution in [0.3, 0.4) is 0 Å². The summed E-state index contributed by atoms with van der Waals surface area (Å²) >= 11 is 0. The molecule has 0 bridgehead atoms. The van der Waals surface area contributed by atoms with Crippen molar-refractivity contribution in [2.75, 3.05) is 19.6 Å². The van der Waals surface area contributed by atoms with E-state index in [2.05, 4.69) is 15.4 Å². The van der Waals surface area contributed by atoms with Crippen LogP contribution in [0, 0.1) is 0 Å². The topological polar surface area (TPSA) is 63.1 Å². The van der Waals surface area contributed by atoms with E-state index in [1.165, 1.54) is 25.6 Å². The van der Waals surface area contributed by atoms with Crippen LogP contribution in [0.1, 0.15) is 32.1 Å². The van der Waals surface area contributed by atoms with Crippen LogP contribution in [0.5, 0.6) is 0 Å². The molecule has 18 heavy (non-hydrogen) atoms. The van der Waals surface area contributed by atoms with Crippen LogP contribution < -0.4 is 5.32 Å². The predicted molar refractivity (Wildman–Crippen MR) is 68.1 cm³/mol. The SMILES string of the molecule is O=C(NCCn1cncn1)N1CCCCCCC1. The highest BCUT2D eigenvalue weighted by molar-refractivity contribution is 5.74. The Hall–Kier alpha value is -1.59. The summed E-state index contributed by atoms with van der Waals surface area (Å²) in [6.07, 6.45) is 9.18. The molecule has 1 saturated heterocycles. The summed E-state index contributed by atoms with van der Waals surface area (Å²) in [6, 6.07) is 0.0528. The first-order valence-corrected chi connectivity index (χ1v) is 6.71. The maximum atomic E-state index is 12.0. The summed E-state index contributed by atoms with van der Waals surface area (Å²) in [7, 11) is 0. The Labute approximate surface area is 107 Å². The van der Waals surface area contributed by atoms with Crippen LogP contribution in [0.2, 0.25) is 0 Å². The second-order valence-corrected chi connectivity index (χ2v) is 4.65. The van der Waals surface area contributed by atoms with Gasteiger partial charge in [-0.15, -0.1) is 0 Å². The number of amides is 2. The Morgan fingerprint density at radius 2 is 1.89 bits per heavy atom. The average Bonchev–Trinajstić information content (AvgIpc) is 2.81. The molecule has 0 aromatic carbocycles. The zero-order valence-electron chi connectivity index (χ0n) is 10.7. The van der Waals surface area contributed by atoms with Crippen LogP contribution >= 0.6 is 0 Å². The minimum Gasteiger partial charge on any atom is -0.336 e. The van der Waals surface area contributed by atoms with Gasteiger partial charge in [0.05, 0.1) is 6.54 Å². The van der Waals surface area contributed by atoms with Gasteiger partial charge in [-0.05, 0) is 12.8 Å². The van der Waals surface area contributed by atoms with Gasteiger partial charge in [0, 0.05) is 19.6 Å². The lowest BCUT2D eigenvalue weighted by atomic mass is 10.1. The standard InChI is InChI=1S/C12H21N5O/c18-12(14-6-9-17-11-13-10-15-17)16-7-4-2-1-3-5-8-16/h10-11H,1-9H2,(H,14,18). The maximum absolute atomic E-state index is 12.0. The molecule has 0 unspecified atom stereocenters. The molecule has 0 spiro atoms. The highest BCUT2D eigenvalue weighted by Gasteiger charge is 2.13. The first kappa shape index (κ1) is 12.9. The Bertz CT molecular complexity index is 343. The van der Waals surface area contributed by atoms with Crippen LogP contribution in [-0.2, 0) is 6.54 Å². The molecular weight excluding hydrogens is 230 g/mol. The minimum absolute atomic E-state index is 0.0528. The number of nitrogens with zero attached hydrogens (tertiary/aromatic N) is 4. The van der Waals surface area contributed by atoms with Crippen molar-refractivity contribution in [2.45, 2.75) is 38.6 Å². The highest BCUT2D eigenvalue weighted by Crippen LogP contribution is 2.10. The average molecular weight is 251 g/mol. The number of aromatic nitrogens is 3. The van der Waals surface area contributed by atoms with Gasteiger partial charge < -0.3 is 10.2 Å². The molecular formula is C12H21N5O. The molecule has 6 heteroatoms. The molecule has 1 aliphatic rings. The lowest BCUT2D eigenvalue weighted by molar-refractivity contribution is 0.191. The number of likely N-dealkylation sites (tertiary alicyclic amines) is 1. The van der Waals surface area contributed by atoms with E-state index in [9.17, 15) is 4.79 Å². The Kier molecular flexibility index (Phi) is 4.99. The monoisotopic (exact) mass is 251 g/mol. The van der Waals surface area contributed by atoms with E-state index in [1.54, 1.807) is 11.0 Å². The van der Waals surface area contributed by atoms with Crippen molar-refractivity contribution in [3.8, 4) is 0 Å². The third-order valence-electron chi connectivity index (χ3n) is 3.23. The number of nitrogens with one attached hydrogen (secondary N) is 1. The van der Waals surface area contributed by atoms with Crippen molar-refractivity contribution < 1.29 is 4.79 Å². The van der Waals surface area contributed by atoms with Gasteiger partial charge in [0.15, 0.2) is 0 Å². The molecule has 6 nitrogen and oxygen atoms in total. The minimum atomic E-state index is 0.0528. The molecule has 1 fully saturated rings. The van der Waals surface area contributed by atoms with E-state index in [1.807, 2.05) is 4.90 Å². The zero-order chi connectivity index (χ0) is 12.6. The van der Waals surface area contributed by atoms with E-state index < -0.39 is 0 Å². The lowest BCUT2D eigenvalue weighted by Crippen LogP contribution is -2.42. The Morgan fingerprint density at radius 3 is 2.56 bits per heavy atom. The predicted octanol–water partition coefficient (Wildman–Crippen LogP) is 1.25. The summed E-state index contributed by atoms with van der Waals surface area (Å²) in [6.45, 7) is 3.03. The molecule has 1 aliphatic heterocycles. The third-order valence-corrected chi connectivity index (χ3v) is 3.23. The molecule has 100 valence electrons. The van der Waals surface area contributed by atoms with E-state index in [-0.39, 0.29) is 6.03 Å². The summed E-state index contributed by atoms with van der Waals surface area (Å²) in [5.41, 5.74) is 0. The summed E-state index contributed by atoms with van der Waals surface area (Å²) in [5.74, 6) is 0. The molecule has 0 atom stereocenters. The van der Waals surface area contributed by atoms with Crippen LogP contribution in [0.4, 0.5) is 4.79 Å². The van der Waals surface area contributed by atoms with Crippen LogP contribution in [0.25, 0.3) is 0 Å². The van der Waals surface area contributed by atoms with Gasteiger partial charge in [-0.25, -0.2) is 9.78 Å². The second kappa shape index (κ2) is 6.98. The largest absolute Gasteiger partial charge is 0.336 e. The van der Waals surface area contributed by atoms with Gasteiger partial charge in [-0.1, -0.05) is 19.3 Å². The number of hydrogen-bond acceptors (Lipinski definition) is 3. The van der Waals surface area contributed by atoms with Crippen molar-refractivity contribution in [1.29, 1.82) is 0 Å². The van der Waals surface area contributed by atoms with Gasteiger partial charge in [0.25, 0.3) is 0 Å². The van der Waals surface area contributed by atoms with Gasteiger partial charge in [0.2, 0.25) is 0 Å². The Morgan fingerprint density at radius 1 is 1.17 bits per heavy atom. The fraction of sp³-hybridized carbons (Fsp3) is 0.750. The van der Waals surface area contributed by atoms with Gasteiger partial charge in [0.1, 0.15) is 12.7 Å². The summed E-state index contributed by atoms with van der Waals surface area (Å²) in [5, 5.41) is 6.93. The number of carbonyl (C=O) groups is 1. The molecule has 2 heterocycles. The van der Waals surface area contributed by atoms with E-state index in [0.717, 1.165) is 25.9 Å². The molecule has 1 aromatic rings. The quantitative estimate of drug-likeness (QED) is 0.879. The zero-order valence-corrected chi connectivity index (χ0v) is 10.7. The van der Waals surface area contributed by atoms with Gasteiger partial charge in [-0.3, -0.25) is 4.68 Å². The molecule has 2 amide bonds. The van der Waals surface area contributed by atoms with Crippen molar-refractivity contribution in [3.05, 3.63) is 12.7 Å². The van der Waals surface area contributed by atoms with E-state index in [0.29, 0.717) is 13.1 Å². The van der Waals surface area contributed by atoms with Crippen molar-refractivity contribution in [3.63, 3.8) is 0 Å². The molecule has 1 aromatic heterocycles. The molecule has 2 rings (SSSR count). The molecule has 0 saturated carbocycles.